The molecular weight excluding hydrogens is 238 g/mol. The van der Waals surface area contributed by atoms with Crippen LogP contribution in [0.25, 0.3) is 0 Å². The quantitative estimate of drug-likeness (QED) is 0.848. The van der Waals surface area contributed by atoms with E-state index >= 15 is 0 Å². The van der Waals surface area contributed by atoms with Crippen LogP contribution in [0.15, 0.2) is 24.8 Å². The maximum Gasteiger partial charge on any atom is 0.151 e. The van der Waals surface area contributed by atoms with E-state index in [1.54, 1.807) is 6.33 Å². The highest BCUT2D eigenvalue weighted by atomic mass is 15.4. The fourth-order valence-electron chi connectivity index (χ4n) is 3.06. The Kier molecular flexibility index (Phi) is 3.62. The Morgan fingerprint density at radius 2 is 2.11 bits per heavy atom. The van der Waals surface area contributed by atoms with E-state index in [9.17, 15) is 0 Å². The third-order valence-corrected chi connectivity index (χ3v) is 4.05. The lowest BCUT2D eigenvalue weighted by Gasteiger charge is -2.25. The number of aromatic nitrogens is 5. The van der Waals surface area contributed by atoms with Gasteiger partial charge in [0, 0.05) is 12.4 Å². The first-order valence-electron chi connectivity index (χ1n) is 7.28. The van der Waals surface area contributed by atoms with E-state index in [0.717, 1.165) is 12.2 Å². The first-order chi connectivity index (χ1) is 9.40. The van der Waals surface area contributed by atoms with Gasteiger partial charge in [-0.2, -0.15) is 10.2 Å². The van der Waals surface area contributed by atoms with Crippen molar-refractivity contribution in [2.75, 3.05) is 0 Å². The van der Waals surface area contributed by atoms with Gasteiger partial charge in [0.15, 0.2) is 5.82 Å². The molecule has 0 saturated heterocycles. The van der Waals surface area contributed by atoms with Gasteiger partial charge in [-0.25, -0.2) is 9.67 Å². The molecule has 0 aliphatic heterocycles. The van der Waals surface area contributed by atoms with Crippen LogP contribution in [0.3, 0.4) is 0 Å². The minimum absolute atomic E-state index is 0.194. The van der Waals surface area contributed by atoms with Crippen molar-refractivity contribution in [2.24, 2.45) is 0 Å². The lowest BCUT2D eigenvalue weighted by molar-refractivity contribution is 0.307. The van der Waals surface area contributed by atoms with Crippen LogP contribution in [0.5, 0.6) is 0 Å². The van der Waals surface area contributed by atoms with Crippen molar-refractivity contribution in [3.63, 3.8) is 0 Å². The summed E-state index contributed by atoms with van der Waals surface area (Å²) in [4.78, 5) is 4.51. The maximum atomic E-state index is 4.51. The van der Waals surface area contributed by atoms with Gasteiger partial charge in [0.05, 0.1) is 6.04 Å². The highest BCUT2D eigenvalue weighted by Crippen LogP contribution is 2.30. The number of hydrogen-bond acceptors (Lipinski definition) is 3. The van der Waals surface area contributed by atoms with Crippen molar-refractivity contribution in [3.05, 3.63) is 30.6 Å². The van der Waals surface area contributed by atoms with E-state index in [-0.39, 0.29) is 6.04 Å². The summed E-state index contributed by atoms with van der Waals surface area (Å²) in [7, 11) is 0. The summed E-state index contributed by atoms with van der Waals surface area (Å²) in [6.45, 7) is 2.17. The molecule has 0 unspecified atom stereocenters. The summed E-state index contributed by atoms with van der Waals surface area (Å²) in [5, 5.41) is 8.85. The topological polar surface area (TPSA) is 48.5 Å². The number of nitrogens with zero attached hydrogens (tertiary/aromatic N) is 5. The van der Waals surface area contributed by atoms with Crippen molar-refractivity contribution in [2.45, 2.75) is 57.5 Å². The summed E-state index contributed by atoms with van der Waals surface area (Å²) in [6.07, 6.45) is 12.9. The lowest BCUT2D eigenvalue weighted by atomic mass is 9.95. The normalized spacial score (nSPS) is 18.6. The SMILES string of the molecule is CC[C@@H](c1ncnn1C1CCCCC1)n1cccn1. The van der Waals surface area contributed by atoms with E-state index < -0.39 is 0 Å². The monoisotopic (exact) mass is 259 g/mol. The van der Waals surface area contributed by atoms with Gasteiger partial charge in [-0.3, -0.25) is 4.68 Å². The third-order valence-electron chi connectivity index (χ3n) is 4.05. The second-order valence-corrected chi connectivity index (χ2v) is 5.26. The lowest BCUT2D eigenvalue weighted by Crippen LogP contribution is -2.22. The minimum Gasteiger partial charge on any atom is -0.262 e. The van der Waals surface area contributed by atoms with Crippen molar-refractivity contribution < 1.29 is 0 Å². The van der Waals surface area contributed by atoms with Crippen LogP contribution < -0.4 is 0 Å². The van der Waals surface area contributed by atoms with Gasteiger partial charge in [-0.05, 0) is 25.3 Å². The molecule has 0 N–H and O–H groups in total. The van der Waals surface area contributed by atoms with Gasteiger partial charge in [0.25, 0.3) is 0 Å². The summed E-state index contributed by atoms with van der Waals surface area (Å²) in [6, 6.07) is 2.68. The van der Waals surface area contributed by atoms with Gasteiger partial charge in [0.1, 0.15) is 12.4 Å². The molecule has 19 heavy (non-hydrogen) atoms. The van der Waals surface area contributed by atoms with Crippen molar-refractivity contribution in [1.29, 1.82) is 0 Å². The van der Waals surface area contributed by atoms with Gasteiger partial charge in [-0.1, -0.05) is 26.2 Å². The van der Waals surface area contributed by atoms with Crippen molar-refractivity contribution in [1.82, 2.24) is 24.5 Å². The second-order valence-electron chi connectivity index (χ2n) is 5.26. The molecule has 1 fully saturated rings. The molecule has 5 heteroatoms. The van der Waals surface area contributed by atoms with Crippen LogP contribution >= 0.6 is 0 Å². The third kappa shape index (κ3) is 2.41. The van der Waals surface area contributed by atoms with E-state index in [4.69, 9.17) is 0 Å². The molecule has 1 aliphatic rings. The fraction of sp³-hybridized carbons (Fsp3) is 0.643. The summed E-state index contributed by atoms with van der Waals surface area (Å²) < 4.78 is 4.14. The van der Waals surface area contributed by atoms with Gasteiger partial charge in [0.2, 0.25) is 0 Å². The fourth-order valence-corrected chi connectivity index (χ4v) is 3.06. The van der Waals surface area contributed by atoms with Crippen LogP contribution in [0, 0.1) is 0 Å². The van der Waals surface area contributed by atoms with Gasteiger partial charge >= 0.3 is 0 Å². The first kappa shape index (κ1) is 12.4. The molecule has 0 bridgehead atoms. The Bertz CT molecular complexity index is 496. The Labute approximate surface area is 113 Å². The highest BCUT2D eigenvalue weighted by molar-refractivity contribution is 4.99. The molecule has 1 aliphatic carbocycles. The van der Waals surface area contributed by atoms with Gasteiger partial charge in [-0.15, -0.1) is 0 Å². The molecule has 5 nitrogen and oxygen atoms in total. The largest absolute Gasteiger partial charge is 0.262 e. The summed E-state index contributed by atoms with van der Waals surface area (Å²) >= 11 is 0. The standard InChI is InChI=1S/C14H21N5/c1-2-13(18-10-6-9-16-18)14-15-11-17-19(14)12-7-4-3-5-8-12/h6,9-13H,2-5,7-8H2,1H3/t13-/m0/s1. The zero-order valence-electron chi connectivity index (χ0n) is 11.4. The van der Waals surface area contributed by atoms with Gasteiger partial charge < -0.3 is 0 Å². The van der Waals surface area contributed by atoms with Crippen LogP contribution in [-0.2, 0) is 0 Å². The molecule has 0 spiro atoms. The molecule has 102 valence electrons. The molecule has 0 amide bonds. The smallest absolute Gasteiger partial charge is 0.151 e. The molecule has 2 aromatic heterocycles. The number of hydrogen-bond donors (Lipinski definition) is 0. The van der Waals surface area contributed by atoms with E-state index in [1.165, 1.54) is 32.1 Å². The predicted molar refractivity (Wildman–Crippen MR) is 72.8 cm³/mol. The van der Waals surface area contributed by atoms with E-state index in [0.29, 0.717) is 6.04 Å². The molecule has 0 aromatic carbocycles. The average Bonchev–Trinajstić information content (AvgIpc) is 3.12. The Hall–Kier alpha value is -1.65. The average molecular weight is 259 g/mol. The zero-order valence-corrected chi connectivity index (χ0v) is 11.4. The summed E-state index contributed by atoms with van der Waals surface area (Å²) in [5.74, 6) is 1.05. The molecule has 1 atom stereocenters. The molecule has 2 aromatic rings. The van der Waals surface area contributed by atoms with Crippen LogP contribution in [-0.4, -0.2) is 24.5 Å². The number of rotatable bonds is 4. The molecule has 3 rings (SSSR count). The van der Waals surface area contributed by atoms with Crippen LogP contribution in [0.1, 0.15) is 63.4 Å². The summed E-state index contributed by atoms with van der Waals surface area (Å²) in [5.41, 5.74) is 0. The van der Waals surface area contributed by atoms with Crippen LogP contribution in [0.4, 0.5) is 0 Å². The van der Waals surface area contributed by atoms with Crippen molar-refractivity contribution in [3.8, 4) is 0 Å². The Balaban J connectivity index is 1.89. The Morgan fingerprint density at radius 3 is 2.79 bits per heavy atom. The Morgan fingerprint density at radius 1 is 1.26 bits per heavy atom. The zero-order chi connectivity index (χ0) is 13.1. The predicted octanol–water partition coefficient (Wildman–Crippen LogP) is 2.98. The molecule has 1 saturated carbocycles. The first-order valence-corrected chi connectivity index (χ1v) is 7.28. The highest BCUT2D eigenvalue weighted by Gasteiger charge is 2.24. The molecule has 2 heterocycles. The van der Waals surface area contributed by atoms with Crippen molar-refractivity contribution >= 4 is 0 Å². The molecular formula is C14H21N5. The van der Waals surface area contributed by atoms with E-state index in [2.05, 4.69) is 26.8 Å². The second kappa shape index (κ2) is 5.55. The van der Waals surface area contributed by atoms with Crippen LogP contribution in [0.2, 0.25) is 0 Å². The van der Waals surface area contributed by atoms with E-state index in [1.807, 2.05) is 23.1 Å². The minimum atomic E-state index is 0.194. The molecule has 0 radical (unpaired) electrons. The maximum absolute atomic E-state index is 4.51.